The monoisotopic (exact) mass is 353 g/mol. The van der Waals surface area contributed by atoms with Crippen LogP contribution in [0.3, 0.4) is 0 Å². The molecule has 1 aliphatic heterocycles. The van der Waals surface area contributed by atoms with Gasteiger partial charge in [0.2, 0.25) is 0 Å². The number of oxime groups is 1. The zero-order valence-corrected chi connectivity index (χ0v) is 14.8. The molecule has 2 unspecified atom stereocenters. The largest absolute Gasteiger partial charge is 0.479 e. The number of aliphatic carboxylic acids is 1. The van der Waals surface area contributed by atoms with Gasteiger partial charge in [-0.05, 0) is 23.6 Å². The van der Waals surface area contributed by atoms with Crippen molar-refractivity contribution in [2.75, 3.05) is 6.61 Å². The van der Waals surface area contributed by atoms with E-state index in [-0.39, 0.29) is 6.10 Å². The zero-order valence-electron chi connectivity index (χ0n) is 14.8. The van der Waals surface area contributed by atoms with Crippen LogP contribution in [0.4, 0.5) is 0 Å². The second-order valence-corrected chi connectivity index (χ2v) is 6.34. The Labute approximate surface area is 153 Å². The molecule has 26 heavy (non-hydrogen) atoms. The first-order valence-electron chi connectivity index (χ1n) is 8.86. The fraction of sp³-hybridized carbons (Fsp3) is 0.333. The number of rotatable bonds is 8. The predicted molar refractivity (Wildman–Crippen MR) is 99.4 cm³/mol. The van der Waals surface area contributed by atoms with Crippen molar-refractivity contribution in [3.8, 4) is 0 Å². The maximum Gasteiger partial charge on any atom is 0.333 e. The SMILES string of the molecule is CCOC(Cc1ccc(C2=NOC(Cc3ccccc3)C2)cc1)C(=O)O. The van der Waals surface area contributed by atoms with Crippen LogP contribution in [0.2, 0.25) is 0 Å². The van der Waals surface area contributed by atoms with E-state index in [2.05, 4.69) is 17.3 Å². The van der Waals surface area contributed by atoms with Crippen molar-refractivity contribution in [2.45, 2.75) is 38.4 Å². The molecular formula is C21H23NO4. The Morgan fingerprint density at radius 1 is 1.19 bits per heavy atom. The minimum Gasteiger partial charge on any atom is -0.479 e. The number of carbonyl (C=O) groups is 1. The number of ether oxygens (including phenoxy) is 1. The molecule has 2 atom stereocenters. The number of benzene rings is 2. The van der Waals surface area contributed by atoms with Gasteiger partial charge in [-0.3, -0.25) is 0 Å². The van der Waals surface area contributed by atoms with Crippen LogP contribution in [0.25, 0.3) is 0 Å². The lowest BCUT2D eigenvalue weighted by Crippen LogP contribution is -2.26. The molecule has 0 saturated heterocycles. The van der Waals surface area contributed by atoms with Gasteiger partial charge in [0.1, 0.15) is 6.10 Å². The summed E-state index contributed by atoms with van der Waals surface area (Å²) in [4.78, 5) is 16.8. The van der Waals surface area contributed by atoms with Gasteiger partial charge >= 0.3 is 5.97 Å². The smallest absolute Gasteiger partial charge is 0.333 e. The van der Waals surface area contributed by atoms with Gasteiger partial charge in [0.05, 0.1) is 5.71 Å². The molecule has 5 nitrogen and oxygen atoms in total. The molecule has 1 heterocycles. The third kappa shape index (κ3) is 4.70. The van der Waals surface area contributed by atoms with Crippen LogP contribution in [0.15, 0.2) is 59.8 Å². The van der Waals surface area contributed by atoms with E-state index in [1.165, 1.54) is 5.56 Å². The van der Waals surface area contributed by atoms with Crippen LogP contribution in [0.5, 0.6) is 0 Å². The van der Waals surface area contributed by atoms with E-state index in [9.17, 15) is 9.90 Å². The number of hydrogen-bond acceptors (Lipinski definition) is 4. The molecule has 0 bridgehead atoms. The number of carboxylic acid groups (broad SMARTS) is 1. The van der Waals surface area contributed by atoms with E-state index < -0.39 is 12.1 Å². The minimum atomic E-state index is -0.937. The average Bonchev–Trinajstić information content (AvgIpc) is 3.11. The molecule has 0 amide bonds. The molecule has 0 aliphatic carbocycles. The van der Waals surface area contributed by atoms with Crippen LogP contribution in [0.1, 0.15) is 30.0 Å². The van der Waals surface area contributed by atoms with Crippen molar-refractivity contribution in [1.29, 1.82) is 0 Å². The van der Waals surface area contributed by atoms with E-state index in [1.807, 2.05) is 42.5 Å². The highest BCUT2D eigenvalue weighted by atomic mass is 16.6. The van der Waals surface area contributed by atoms with Crippen LogP contribution >= 0.6 is 0 Å². The van der Waals surface area contributed by atoms with E-state index in [1.54, 1.807) is 6.92 Å². The highest BCUT2D eigenvalue weighted by Crippen LogP contribution is 2.21. The third-order valence-corrected chi connectivity index (χ3v) is 4.39. The second kappa shape index (κ2) is 8.63. The molecule has 136 valence electrons. The summed E-state index contributed by atoms with van der Waals surface area (Å²) in [7, 11) is 0. The molecule has 2 aromatic carbocycles. The van der Waals surface area contributed by atoms with Crippen molar-refractivity contribution in [1.82, 2.24) is 0 Å². The summed E-state index contributed by atoms with van der Waals surface area (Å²) < 4.78 is 5.26. The van der Waals surface area contributed by atoms with Gasteiger partial charge in [-0.2, -0.15) is 0 Å². The molecule has 0 aromatic heterocycles. The molecular weight excluding hydrogens is 330 g/mol. The maximum atomic E-state index is 11.2. The summed E-state index contributed by atoms with van der Waals surface area (Å²) in [6.07, 6.45) is 1.20. The molecule has 0 radical (unpaired) electrons. The van der Waals surface area contributed by atoms with Gasteiger partial charge < -0.3 is 14.7 Å². The molecule has 0 fully saturated rings. The quantitative estimate of drug-likeness (QED) is 0.789. The summed E-state index contributed by atoms with van der Waals surface area (Å²) in [5, 5.41) is 13.4. The third-order valence-electron chi connectivity index (χ3n) is 4.39. The summed E-state index contributed by atoms with van der Waals surface area (Å²) in [5.74, 6) is -0.937. The van der Waals surface area contributed by atoms with E-state index >= 15 is 0 Å². The standard InChI is InChI=1S/C21H23NO4/c1-2-25-20(21(23)24)13-16-8-10-17(11-9-16)19-14-18(26-22-19)12-15-6-4-3-5-7-15/h3-11,18,20H,2,12-14H2,1H3,(H,23,24). The molecule has 1 N–H and O–H groups in total. The number of nitrogens with zero attached hydrogens (tertiary/aromatic N) is 1. The lowest BCUT2D eigenvalue weighted by molar-refractivity contribution is -0.149. The lowest BCUT2D eigenvalue weighted by Gasteiger charge is -2.12. The number of carboxylic acids is 1. The van der Waals surface area contributed by atoms with E-state index in [4.69, 9.17) is 9.57 Å². The second-order valence-electron chi connectivity index (χ2n) is 6.34. The number of hydrogen-bond donors (Lipinski definition) is 1. The molecule has 5 heteroatoms. The van der Waals surface area contributed by atoms with E-state index in [0.29, 0.717) is 13.0 Å². The maximum absolute atomic E-state index is 11.2. The van der Waals surface area contributed by atoms with Gasteiger partial charge in [0.15, 0.2) is 6.10 Å². The van der Waals surface area contributed by atoms with Crippen molar-refractivity contribution in [3.63, 3.8) is 0 Å². The normalized spacial score (nSPS) is 17.4. The topological polar surface area (TPSA) is 68.1 Å². The van der Waals surface area contributed by atoms with Crippen molar-refractivity contribution < 1.29 is 19.5 Å². The summed E-state index contributed by atoms with van der Waals surface area (Å²) in [6, 6.07) is 18.0. The Morgan fingerprint density at radius 3 is 2.58 bits per heavy atom. The highest BCUT2D eigenvalue weighted by Gasteiger charge is 2.23. The summed E-state index contributed by atoms with van der Waals surface area (Å²) in [6.45, 7) is 2.18. The first-order chi connectivity index (χ1) is 12.7. The van der Waals surface area contributed by atoms with Gasteiger partial charge in [0, 0.05) is 25.9 Å². The zero-order chi connectivity index (χ0) is 18.4. The van der Waals surface area contributed by atoms with Gasteiger partial charge in [0.25, 0.3) is 0 Å². The molecule has 0 saturated carbocycles. The predicted octanol–water partition coefficient (Wildman–Crippen LogP) is 3.45. The minimum absolute atomic E-state index is 0.0569. The van der Waals surface area contributed by atoms with Crippen LogP contribution in [0, 0.1) is 0 Å². The Balaban J connectivity index is 1.58. The molecule has 3 rings (SSSR count). The van der Waals surface area contributed by atoms with Gasteiger partial charge in [-0.15, -0.1) is 0 Å². The highest BCUT2D eigenvalue weighted by molar-refractivity contribution is 6.01. The van der Waals surface area contributed by atoms with Crippen molar-refractivity contribution in [3.05, 3.63) is 71.3 Å². The van der Waals surface area contributed by atoms with Crippen molar-refractivity contribution >= 4 is 11.7 Å². The van der Waals surface area contributed by atoms with Gasteiger partial charge in [-0.1, -0.05) is 59.8 Å². The van der Waals surface area contributed by atoms with Crippen LogP contribution in [-0.2, 0) is 27.2 Å². The van der Waals surface area contributed by atoms with Crippen molar-refractivity contribution in [2.24, 2.45) is 5.16 Å². The first kappa shape index (κ1) is 18.1. The summed E-state index contributed by atoms with van der Waals surface area (Å²) in [5.41, 5.74) is 4.10. The Hall–Kier alpha value is -2.66. The Bertz CT molecular complexity index is 755. The van der Waals surface area contributed by atoms with Crippen LogP contribution in [-0.4, -0.2) is 35.6 Å². The Morgan fingerprint density at radius 2 is 1.92 bits per heavy atom. The fourth-order valence-corrected chi connectivity index (χ4v) is 3.05. The molecule has 0 spiro atoms. The Kier molecular flexibility index (Phi) is 6.02. The fourth-order valence-electron chi connectivity index (χ4n) is 3.05. The average molecular weight is 353 g/mol. The van der Waals surface area contributed by atoms with E-state index in [0.717, 1.165) is 29.7 Å². The lowest BCUT2D eigenvalue weighted by atomic mass is 9.98. The first-order valence-corrected chi connectivity index (χ1v) is 8.86. The molecule has 1 aliphatic rings. The van der Waals surface area contributed by atoms with Crippen LogP contribution < -0.4 is 0 Å². The van der Waals surface area contributed by atoms with Gasteiger partial charge in [-0.25, -0.2) is 4.79 Å². The molecule has 2 aromatic rings. The summed E-state index contributed by atoms with van der Waals surface area (Å²) >= 11 is 0.